The molecule has 0 saturated heterocycles. The van der Waals surface area contributed by atoms with Gasteiger partial charge in [0.25, 0.3) is 0 Å². The number of aromatic carboxylic acids is 1. The molecule has 1 atom stereocenters. The molecule has 0 unspecified atom stereocenters. The molecule has 1 aromatic heterocycles. The van der Waals surface area contributed by atoms with E-state index in [1.807, 2.05) is 12.1 Å². The fourth-order valence-corrected chi connectivity index (χ4v) is 4.18. The van der Waals surface area contributed by atoms with Gasteiger partial charge in [-0.3, -0.25) is 4.72 Å². The van der Waals surface area contributed by atoms with E-state index in [9.17, 15) is 23.4 Å². The lowest BCUT2D eigenvalue weighted by Gasteiger charge is -2.14. The molecular formula is C22H27N3O6S. The van der Waals surface area contributed by atoms with E-state index in [0.717, 1.165) is 17.2 Å². The number of carboxylic acid groups (broad SMARTS) is 1. The first-order valence-electron chi connectivity index (χ1n) is 9.98. The van der Waals surface area contributed by atoms with Gasteiger partial charge in [-0.2, -0.15) is 0 Å². The Labute approximate surface area is 186 Å². The van der Waals surface area contributed by atoms with Crippen LogP contribution in [0.3, 0.4) is 0 Å². The van der Waals surface area contributed by atoms with E-state index in [-0.39, 0.29) is 12.2 Å². The van der Waals surface area contributed by atoms with E-state index in [1.54, 1.807) is 48.9 Å². The summed E-state index contributed by atoms with van der Waals surface area (Å²) in [5.74, 6) is -0.346. The molecule has 32 heavy (non-hydrogen) atoms. The smallest absolute Gasteiger partial charge is 0.352 e. The summed E-state index contributed by atoms with van der Waals surface area (Å²) in [7, 11) is -1.67. The van der Waals surface area contributed by atoms with Crippen LogP contribution in [-0.4, -0.2) is 55.1 Å². The lowest BCUT2D eigenvalue weighted by molar-refractivity contribution is 0.0686. The number of ether oxygens (including phenoxy) is 1. The zero-order valence-electron chi connectivity index (χ0n) is 18.1. The summed E-state index contributed by atoms with van der Waals surface area (Å²) in [4.78, 5) is 11.5. The lowest BCUT2D eigenvalue weighted by atomic mass is 10.1. The summed E-state index contributed by atoms with van der Waals surface area (Å²) in [5, 5.41) is 23.7. The number of hydrogen-bond donors (Lipinski definition) is 4. The summed E-state index contributed by atoms with van der Waals surface area (Å²) in [6.07, 6.45) is 0.257. The molecule has 0 spiro atoms. The largest absolute Gasteiger partial charge is 0.492 e. The average Bonchev–Trinajstić information content (AvgIpc) is 2.96. The van der Waals surface area contributed by atoms with Gasteiger partial charge in [0.05, 0.1) is 17.9 Å². The molecule has 0 bridgehead atoms. The number of aliphatic hydroxyl groups excluding tert-OH is 1. The molecule has 3 rings (SSSR count). The maximum Gasteiger partial charge on any atom is 0.352 e. The van der Waals surface area contributed by atoms with Crippen LogP contribution in [0.5, 0.6) is 5.75 Å². The number of carbonyl (C=O) groups is 1. The Morgan fingerprint density at radius 1 is 1.22 bits per heavy atom. The number of nitrogens with one attached hydrogen (secondary N) is 2. The summed E-state index contributed by atoms with van der Waals surface area (Å²) < 4.78 is 32.5. The van der Waals surface area contributed by atoms with Gasteiger partial charge >= 0.3 is 5.97 Å². The van der Waals surface area contributed by atoms with Gasteiger partial charge in [-0.1, -0.05) is 12.1 Å². The van der Waals surface area contributed by atoms with Crippen LogP contribution >= 0.6 is 0 Å². The van der Waals surface area contributed by atoms with Crippen LogP contribution in [-0.2, 0) is 17.1 Å². The second-order valence-corrected chi connectivity index (χ2v) is 9.33. The van der Waals surface area contributed by atoms with Crippen LogP contribution in [0.15, 0.2) is 42.5 Å². The fourth-order valence-electron chi connectivity index (χ4n) is 3.62. The molecule has 0 fully saturated rings. The number of anilines is 1. The van der Waals surface area contributed by atoms with Gasteiger partial charge in [0.1, 0.15) is 18.1 Å². The molecule has 0 aliphatic heterocycles. The number of nitrogens with zero attached hydrogens (tertiary/aromatic N) is 1. The highest BCUT2D eigenvalue weighted by atomic mass is 32.2. The average molecular weight is 462 g/mol. The highest BCUT2D eigenvalue weighted by Gasteiger charge is 2.17. The van der Waals surface area contributed by atoms with E-state index in [1.165, 1.54) is 0 Å². The summed E-state index contributed by atoms with van der Waals surface area (Å²) in [6, 6.07) is 12.1. The van der Waals surface area contributed by atoms with Gasteiger partial charge in [0, 0.05) is 37.3 Å². The first kappa shape index (κ1) is 23.6. The lowest BCUT2D eigenvalue weighted by Crippen LogP contribution is -2.26. The van der Waals surface area contributed by atoms with Gasteiger partial charge in [-0.05, 0) is 42.3 Å². The second kappa shape index (κ2) is 9.60. The Balaban J connectivity index is 1.52. The summed E-state index contributed by atoms with van der Waals surface area (Å²) in [5.41, 5.74) is 2.73. The standard InChI is InChI=1S/C22H27N3O6S/c1-14-18-8-7-17(12-19(18)25(2)21(14)22(27)28)31-10-9-23-13-20(26)15-5-4-6-16(11-15)24-32(3,29)30/h4-8,11-12,20,23-24,26H,9-10,13H2,1-3H3,(H,27,28)/t20-/m0/s1. The molecule has 0 saturated carbocycles. The molecule has 9 nitrogen and oxygen atoms in total. The molecule has 0 aliphatic carbocycles. The topological polar surface area (TPSA) is 130 Å². The Bertz CT molecular complexity index is 1240. The van der Waals surface area contributed by atoms with Crippen molar-refractivity contribution in [3.05, 3.63) is 59.3 Å². The number of carboxylic acids is 1. The minimum atomic E-state index is -3.39. The molecule has 2 aromatic carbocycles. The normalized spacial score (nSPS) is 12.6. The van der Waals surface area contributed by atoms with Crippen LogP contribution in [0.4, 0.5) is 5.69 Å². The molecule has 3 aromatic rings. The highest BCUT2D eigenvalue weighted by molar-refractivity contribution is 7.92. The number of benzene rings is 2. The van der Waals surface area contributed by atoms with Gasteiger partial charge in [0.15, 0.2) is 0 Å². The third kappa shape index (κ3) is 5.58. The quantitative estimate of drug-likeness (QED) is 0.341. The van der Waals surface area contributed by atoms with Crippen molar-refractivity contribution in [2.75, 3.05) is 30.7 Å². The SMILES string of the molecule is Cc1c(C(=O)O)n(C)c2cc(OCCNC[C@H](O)c3cccc(NS(C)(=O)=O)c3)ccc12. The molecule has 0 aliphatic rings. The van der Waals surface area contributed by atoms with E-state index >= 15 is 0 Å². The number of hydrogen-bond acceptors (Lipinski definition) is 6. The van der Waals surface area contributed by atoms with Crippen LogP contribution in [0.25, 0.3) is 10.9 Å². The first-order valence-corrected chi connectivity index (χ1v) is 11.9. The number of fused-ring (bicyclic) bond motifs is 1. The maximum absolute atomic E-state index is 11.5. The molecule has 10 heteroatoms. The highest BCUT2D eigenvalue weighted by Crippen LogP contribution is 2.28. The predicted molar refractivity (Wildman–Crippen MR) is 123 cm³/mol. The predicted octanol–water partition coefficient (Wildman–Crippen LogP) is 2.26. The zero-order chi connectivity index (χ0) is 23.5. The number of aromatic nitrogens is 1. The maximum atomic E-state index is 11.5. The van der Waals surface area contributed by atoms with Crippen molar-refractivity contribution >= 4 is 32.6 Å². The second-order valence-electron chi connectivity index (χ2n) is 7.58. The first-order chi connectivity index (χ1) is 15.1. The number of aliphatic hydroxyl groups is 1. The van der Waals surface area contributed by atoms with E-state index in [0.29, 0.717) is 35.7 Å². The molecule has 172 valence electrons. The number of rotatable bonds is 10. The van der Waals surface area contributed by atoms with Crippen molar-refractivity contribution in [3.8, 4) is 5.75 Å². The number of aryl methyl sites for hydroxylation is 2. The Morgan fingerprint density at radius 3 is 2.66 bits per heavy atom. The van der Waals surface area contributed by atoms with Crippen LogP contribution < -0.4 is 14.8 Å². The molecule has 1 heterocycles. The Hall–Kier alpha value is -3.08. The van der Waals surface area contributed by atoms with Gasteiger partial charge in [-0.15, -0.1) is 0 Å². The minimum Gasteiger partial charge on any atom is -0.492 e. The number of sulfonamides is 1. The Morgan fingerprint density at radius 2 is 1.97 bits per heavy atom. The fraction of sp³-hybridized carbons (Fsp3) is 0.318. The van der Waals surface area contributed by atoms with Gasteiger partial charge in [0.2, 0.25) is 10.0 Å². The molecule has 4 N–H and O–H groups in total. The third-order valence-corrected chi connectivity index (χ3v) is 5.69. The van der Waals surface area contributed by atoms with Crippen molar-refractivity contribution in [2.45, 2.75) is 13.0 Å². The van der Waals surface area contributed by atoms with E-state index in [4.69, 9.17) is 4.74 Å². The van der Waals surface area contributed by atoms with Crippen molar-refractivity contribution in [1.29, 1.82) is 0 Å². The summed E-state index contributed by atoms with van der Waals surface area (Å²) >= 11 is 0. The van der Waals surface area contributed by atoms with Crippen LogP contribution in [0.1, 0.15) is 27.7 Å². The van der Waals surface area contributed by atoms with Crippen LogP contribution in [0, 0.1) is 6.92 Å². The zero-order valence-corrected chi connectivity index (χ0v) is 18.9. The van der Waals surface area contributed by atoms with Gasteiger partial charge in [-0.25, -0.2) is 13.2 Å². The van der Waals surface area contributed by atoms with Crippen molar-refractivity contribution in [1.82, 2.24) is 9.88 Å². The van der Waals surface area contributed by atoms with Crippen molar-refractivity contribution in [3.63, 3.8) is 0 Å². The van der Waals surface area contributed by atoms with Gasteiger partial charge < -0.3 is 24.8 Å². The summed E-state index contributed by atoms with van der Waals surface area (Å²) in [6.45, 7) is 2.88. The van der Waals surface area contributed by atoms with Crippen molar-refractivity contribution < 1.29 is 28.2 Å². The molecular weight excluding hydrogens is 434 g/mol. The van der Waals surface area contributed by atoms with E-state index in [2.05, 4.69) is 10.0 Å². The monoisotopic (exact) mass is 461 g/mol. The molecule has 0 radical (unpaired) electrons. The molecule has 0 amide bonds. The Kier molecular flexibility index (Phi) is 7.07. The van der Waals surface area contributed by atoms with Crippen molar-refractivity contribution in [2.24, 2.45) is 7.05 Å². The minimum absolute atomic E-state index is 0.253. The third-order valence-electron chi connectivity index (χ3n) is 5.09. The van der Waals surface area contributed by atoms with E-state index < -0.39 is 22.1 Å². The van der Waals surface area contributed by atoms with Crippen LogP contribution in [0.2, 0.25) is 0 Å².